The van der Waals surface area contributed by atoms with Gasteiger partial charge in [0.1, 0.15) is 0 Å². The van der Waals surface area contributed by atoms with Crippen LogP contribution in [-0.4, -0.2) is 70.5 Å². The Bertz CT molecular complexity index is 1270. The summed E-state index contributed by atoms with van der Waals surface area (Å²) in [5.41, 5.74) is 22.2. The Morgan fingerprint density at radius 3 is 2.15 bits per heavy atom. The molecular weight excluding hydrogens is 518 g/mol. The number of para-hydroxylation sites is 1. The number of aromatic nitrogens is 2. The van der Waals surface area contributed by atoms with Gasteiger partial charge >= 0.3 is 0 Å². The molecule has 0 spiro atoms. The molecule has 0 saturated heterocycles. The quantitative estimate of drug-likeness (QED) is 0.206. The molecule has 10 nitrogen and oxygen atoms in total. The van der Waals surface area contributed by atoms with E-state index in [1.807, 2.05) is 79.2 Å². The molecule has 0 aliphatic rings. The first-order valence-electron chi connectivity index (χ1n) is 14.2. The van der Waals surface area contributed by atoms with Crippen LogP contribution in [0.1, 0.15) is 41.8 Å². The normalized spacial score (nSPS) is 12.5. The second-order valence-corrected chi connectivity index (χ2v) is 10.2. The maximum absolute atomic E-state index is 13.5. The zero-order chi connectivity index (χ0) is 29.8. The second-order valence-electron chi connectivity index (χ2n) is 10.2. The SMILES string of the molecule is Cc1nn(-c2ccccc2)c(C)c1CCC(=O)[C@H](CCc1ccccc1)NC(=O)[C@@H](N)CC(=O)N(CCN)CCN. The summed E-state index contributed by atoms with van der Waals surface area (Å²) in [6.45, 7) is 5.18. The molecule has 220 valence electrons. The lowest BCUT2D eigenvalue weighted by Gasteiger charge is -2.24. The van der Waals surface area contributed by atoms with E-state index in [0.717, 1.165) is 28.2 Å². The largest absolute Gasteiger partial charge is 0.345 e. The molecule has 10 heteroatoms. The van der Waals surface area contributed by atoms with E-state index in [1.54, 1.807) is 0 Å². The van der Waals surface area contributed by atoms with Crippen molar-refractivity contribution in [2.24, 2.45) is 17.2 Å². The predicted molar refractivity (Wildman–Crippen MR) is 160 cm³/mol. The van der Waals surface area contributed by atoms with Crippen molar-refractivity contribution in [3.05, 3.63) is 83.2 Å². The van der Waals surface area contributed by atoms with E-state index in [9.17, 15) is 14.4 Å². The number of aryl methyl sites for hydroxylation is 2. The lowest BCUT2D eigenvalue weighted by atomic mass is 9.97. The molecular formula is C31H43N7O3. The van der Waals surface area contributed by atoms with Crippen LogP contribution in [0.25, 0.3) is 5.69 Å². The zero-order valence-electron chi connectivity index (χ0n) is 24.1. The Morgan fingerprint density at radius 1 is 0.927 bits per heavy atom. The highest BCUT2D eigenvalue weighted by molar-refractivity contribution is 5.93. The van der Waals surface area contributed by atoms with Crippen LogP contribution in [0, 0.1) is 13.8 Å². The smallest absolute Gasteiger partial charge is 0.238 e. The third kappa shape index (κ3) is 9.07. The Labute approximate surface area is 242 Å². The van der Waals surface area contributed by atoms with Gasteiger partial charge in [-0.05, 0) is 56.4 Å². The molecule has 3 aromatic rings. The molecule has 7 N–H and O–H groups in total. The second kappa shape index (κ2) is 15.8. The van der Waals surface area contributed by atoms with E-state index in [1.165, 1.54) is 4.90 Å². The third-order valence-electron chi connectivity index (χ3n) is 7.22. The maximum Gasteiger partial charge on any atom is 0.238 e. The summed E-state index contributed by atoms with van der Waals surface area (Å²) in [7, 11) is 0. The Kier molecular flexibility index (Phi) is 12.2. The highest BCUT2D eigenvalue weighted by Gasteiger charge is 2.27. The van der Waals surface area contributed by atoms with Gasteiger partial charge in [-0.2, -0.15) is 5.10 Å². The molecule has 1 heterocycles. The molecule has 41 heavy (non-hydrogen) atoms. The van der Waals surface area contributed by atoms with Crippen LogP contribution >= 0.6 is 0 Å². The minimum absolute atomic E-state index is 0.0908. The topological polar surface area (TPSA) is 162 Å². The highest BCUT2D eigenvalue weighted by Crippen LogP contribution is 2.20. The fourth-order valence-corrected chi connectivity index (χ4v) is 4.91. The summed E-state index contributed by atoms with van der Waals surface area (Å²) in [6.07, 6.45) is 1.57. The number of nitrogens with one attached hydrogen (secondary N) is 1. The predicted octanol–water partition coefficient (Wildman–Crippen LogP) is 1.57. The van der Waals surface area contributed by atoms with E-state index >= 15 is 0 Å². The molecule has 2 aromatic carbocycles. The van der Waals surface area contributed by atoms with Gasteiger partial charge in [0.05, 0.1) is 29.9 Å². The number of rotatable bonds is 16. The summed E-state index contributed by atoms with van der Waals surface area (Å²) < 4.78 is 1.89. The Hall–Kier alpha value is -3.86. The van der Waals surface area contributed by atoms with Crippen LogP contribution in [0.15, 0.2) is 60.7 Å². The van der Waals surface area contributed by atoms with Crippen molar-refractivity contribution in [3.63, 3.8) is 0 Å². The maximum atomic E-state index is 13.5. The van der Waals surface area contributed by atoms with Gasteiger partial charge < -0.3 is 27.4 Å². The van der Waals surface area contributed by atoms with Crippen LogP contribution in [0.2, 0.25) is 0 Å². The van der Waals surface area contributed by atoms with Crippen molar-refractivity contribution in [1.29, 1.82) is 0 Å². The van der Waals surface area contributed by atoms with Crippen molar-refractivity contribution in [2.75, 3.05) is 26.2 Å². The van der Waals surface area contributed by atoms with Crippen molar-refractivity contribution in [3.8, 4) is 5.69 Å². The van der Waals surface area contributed by atoms with Gasteiger partial charge in [0, 0.05) is 38.3 Å². The Balaban J connectivity index is 1.69. The molecule has 2 amide bonds. The van der Waals surface area contributed by atoms with E-state index in [-0.39, 0.29) is 37.6 Å². The van der Waals surface area contributed by atoms with Gasteiger partial charge in [-0.25, -0.2) is 4.68 Å². The minimum Gasteiger partial charge on any atom is -0.345 e. The minimum atomic E-state index is -1.10. The summed E-state index contributed by atoms with van der Waals surface area (Å²) in [5.74, 6) is -0.918. The molecule has 0 aliphatic heterocycles. The molecule has 0 saturated carbocycles. The molecule has 0 aliphatic carbocycles. The van der Waals surface area contributed by atoms with Gasteiger partial charge in [0.25, 0.3) is 0 Å². The molecule has 0 unspecified atom stereocenters. The zero-order valence-corrected chi connectivity index (χ0v) is 24.1. The van der Waals surface area contributed by atoms with Crippen LogP contribution < -0.4 is 22.5 Å². The van der Waals surface area contributed by atoms with Crippen LogP contribution in [0.5, 0.6) is 0 Å². The van der Waals surface area contributed by atoms with E-state index < -0.39 is 18.0 Å². The van der Waals surface area contributed by atoms with Gasteiger partial charge in [-0.1, -0.05) is 48.5 Å². The van der Waals surface area contributed by atoms with E-state index in [2.05, 4.69) is 10.4 Å². The van der Waals surface area contributed by atoms with Gasteiger partial charge in [-0.3, -0.25) is 14.4 Å². The van der Waals surface area contributed by atoms with Crippen LogP contribution in [0.3, 0.4) is 0 Å². The fourth-order valence-electron chi connectivity index (χ4n) is 4.91. The van der Waals surface area contributed by atoms with Gasteiger partial charge in [0.2, 0.25) is 11.8 Å². The first kappa shape index (κ1) is 31.7. The molecule has 2 atom stereocenters. The lowest BCUT2D eigenvalue weighted by molar-refractivity contribution is -0.135. The molecule has 3 rings (SSSR count). The number of ketones is 1. The standard InChI is InChI=1S/C31H43N7O3/c1-22-26(23(2)38(36-22)25-11-7-4-8-12-25)14-16-29(39)28(15-13-24-9-5-3-6-10-24)35-31(41)27(34)21-30(40)37(19-17-32)20-18-33/h3-12,27-28H,13-21,32-34H2,1-2H3,(H,35,41)/t27-,28-/m0/s1. The number of nitrogens with zero attached hydrogens (tertiary/aromatic N) is 3. The summed E-state index contributed by atoms with van der Waals surface area (Å²) >= 11 is 0. The average Bonchev–Trinajstić information content (AvgIpc) is 3.27. The van der Waals surface area contributed by atoms with Crippen molar-refractivity contribution in [2.45, 2.75) is 58.0 Å². The van der Waals surface area contributed by atoms with E-state index in [4.69, 9.17) is 17.2 Å². The van der Waals surface area contributed by atoms with Crippen molar-refractivity contribution >= 4 is 17.6 Å². The van der Waals surface area contributed by atoms with Gasteiger partial charge in [-0.15, -0.1) is 0 Å². The number of carbonyl (C=O) groups excluding carboxylic acids is 3. The lowest BCUT2D eigenvalue weighted by Crippen LogP contribution is -2.51. The number of Topliss-reactive ketones (excluding diaryl/α,β-unsaturated/α-hetero) is 1. The Morgan fingerprint density at radius 2 is 1.54 bits per heavy atom. The average molecular weight is 562 g/mol. The number of nitrogens with two attached hydrogens (primary N) is 3. The van der Waals surface area contributed by atoms with Crippen molar-refractivity contribution < 1.29 is 14.4 Å². The molecule has 0 fully saturated rings. The summed E-state index contributed by atoms with van der Waals surface area (Å²) in [5, 5.41) is 7.52. The summed E-state index contributed by atoms with van der Waals surface area (Å²) in [6, 6.07) is 17.8. The fraction of sp³-hybridized carbons (Fsp3) is 0.419. The number of hydrogen-bond donors (Lipinski definition) is 4. The first-order chi connectivity index (χ1) is 19.7. The monoisotopic (exact) mass is 561 g/mol. The number of amides is 2. The number of benzene rings is 2. The molecule has 0 bridgehead atoms. The van der Waals surface area contributed by atoms with Crippen LogP contribution in [0.4, 0.5) is 0 Å². The number of carbonyl (C=O) groups is 3. The van der Waals surface area contributed by atoms with Crippen molar-refractivity contribution in [1.82, 2.24) is 20.0 Å². The van der Waals surface area contributed by atoms with Crippen LogP contribution in [-0.2, 0) is 27.2 Å². The van der Waals surface area contributed by atoms with Gasteiger partial charge in [0.15, 0.2) is 5.78 Å². The van der Waals surface area contributed by atoms with E-state index in [0.29, 0.717) is 32.4 Å². The third-order valence-corrected chi connectivity index (χ3v) is 7.22. The number of hydrogen-bond acceptors (Lipinski definition) is 7. The first-order valence-corrected chi connectivity index (χ1v) is 14.2. The molecule has 0 radical (unpaired) electrons. The molecule has 1 aromatic heterocycles. The summed E-state index contributed by atoms with van der Waals surface area (Å²) in [4.78, 5) is 40.8. The highest BCUT2D eigenvalue weighted by atomic mass is 16.2.